The van der Waals surface area contributed by atoms with E-state index in [0.29, 0.717) is 5.54 Å². The third-order valence-corrected chi connectivity index (χ3v) is 5.16. The van der Waals surface area contributed by atoms with Crippen molar-refractivity contribution < 1.29 is 0 Å². The van der Waals surface area contributed by atoms with Crippen LogP contribution in [0.25, 0.3) is 0 Å². The summed E-state index contributed by atoms with van der Waals surface area (Å²) in [6.07, 6.45) is 9.74. The van der Waals surface area contributed by atoms with Crippen molar-refractivity contribution in [3.63, 3.8) is 0 Å². The van der Waals surface area contributed by atoms with Crippen molar-refractivity contribution in [3.05, 3.63) is 0 Å². The van der Waals surface area contributed by atoms with Gasteiger partial charge in [0.1, 0.15) is 0 Å². The second-order valence-electron chi connectivity index (χ2n) is 6.68. The molecule has 106 valence electrons. The zero-order chi connectivity index (χ0) is 13.0. The molecule has 1 saturated heterocycles. The Morgan fingerprint density at radius 1 is 1.17 bits per heavy atom. The van der Waals surface area contributed by atoms with Gasteiger partial charge < -0.3 is 5.32 Å². The molecule has 0 bridgehead atoms. The molecule has 0 aromatic carbocycles. The highest BCUT2D eigenvalue weighted by Gasteiger charge is 2.41. The van der Waals surface area contributed by atoms with Crippen LogP contribution in [0.15, 0.2) is 0 Å². The summed E-state index contributed by atoms with van der Waals surface area (Å²) >= 11 is 0. The van der Waals surface area contributed by atoms with Gasteiger partial charge in [-0.15, -0.1) is 0 Å². The van der Waals surface area contributed by atoms with E-state index in [4.69, 9.17) is 0 Å². The van der Waals surface area contributed by atoms with Crippen LogP contribution in [-0.4, -0.2) is 36.1 Å². The molecule has 2 nitrogen and oxygen atoms in total. The molecule has 1 saturated carbocycles. The lowest BCUT2D eigenvalue weighted by molar-refractivity contribution is 0.0426. The lowest BCUT2D eigenvalue weighted by atomic mass is 9.90. The van der Waals surface area contributed by atoms with Crippen molar-refractivity contribution in [1.29, 1.82) is 0 Å². The van der Waals surface area contributed by atoms with Crippen molar-refractivity contribution in [2.75, 3.05) is 19.6 Å². The fourth-order valence-corrected chi connectivity index (χ4v) is 3.24. The van der Waals surface area contributed by atoms with Gasteiger partial charge in [0.2, 0.25) is 0 Å². The predicted octanol–water partition coefficient (Wildman–Crippen LogP) is 3.42. The summed E-state index contributed by atoms with van der Waals surface area (Å²) in [5, 5.41) is 3.81. The van der Waals surface area contributed by atoms with Crippen LogP contribution in [0.3, 0.4) is 0 Å². The summed E-state index contributed by atoms with van der Waals surface area (Å²) in [7, 11) is 0. The van der Waals surface area contributed by atoms with Gasteiger partial charge in [0, 0.05) is 24.7 Å². The number of nitrogens with zero attached hydrogens (tertiary/aromatic N) is 1. The largest absolute Gasteiger partial charge is 0.311 e. The van der Waals surface area contributed by atoms with Crippen molar-refractivity contribution in [2.24, 2.45) is 5.92 Å². The molecule has 2 aliphatic rings. The Labute approximate surface area is 114 Å². The Morgan fingerprint density at radius 3 is 2.56 bits per heavy atom. The Hall–Kier alpha value is -0.0800. The fraction of sp³-hybridized carbons (Fsp3) is 1.00. The van der Waals surface area contributed by atoms with Gasteiger partial charge >= 0.3 is 0 Å². The van der Waals surface area contributed by atoms with E-state index in [1.54, 1.807) is 0 Å². The van der Waals surface area contributed by atoms with Crippen LogP contribution in [0.4, 0.5) is 0 Å². The summed E-state index contributed by atoms with van der Waals surface area (Å²) < 4.78 is 0. The average Bonchev–Trinajstić information content (AvgIpc) is 3.21. The number of piperazine rings is 1. The van der Waals surface area contributed by atoms with Gasteiger partial charge in [-0.05, 0) is 45.1 Å². The zero-order valence-corrected chi connectivity index (χ0v) is 12.7. The van der Waals surface area contributed by atoms with E-state index in [0.717, 1.165) is 12.0 Å². The molecule has 0 radical (unpaired) electrons. The van der Waals surface area contributed by atoms with E-state index in [9.17, 15) is 0 Å². The second kappa shape index (κ2) is 6.38. The molecule has 2 atom stereocenters. The number of hydrogen-bond donors (Lipinski definition) is 1. The molecule has 1 N–H and O–H groups in total. The molecule has 0 aromatic heterocycles. The van der Waals surface area contributed by atoms with Crippen molar-refractivity contribution in [3.8, 4) is 0 Å². The van der Waals surface area contributed by atoms with Crippen LogP contribution in [0, 0.1) is 5.92 Å². The molecular formula is C16H32N2. The van der Waals surface area contributed by atoms with Crippen LogP contribution in [0.5, 0.6) is 0 Å². The molecule has 2 heteroatoms. The van der Waals surface area contributed by atoms with Crippen LogP contribution in [-0.2, 0) is 0 Å². The third-order valence-electron chi connectivity index (χ3n) is 5.16. The maximum Gasteiger partial charge on any atom is 0.0303 e. The molecule has 2 unspecified atom stereocenters. The molecule has 0 spiro atoms. The molecule has 0 aromatic rings. The minimum Gasteiger partial charge on any atom is -0.311 e. The Morgan fingerprint density at radius 2 is 1.94 bits per heavy atom. The molecule has 2 fully saturated rings. The first kappa shape index (κ1) is 14.3. The van der Waals surface area contributed by atoms with Crippen LogP contribution < -0.4 is 5.32 Å². The minimum atomic E-state index is 0.400. The first-order valence-electron chi connectivity index (χ1n) is 8.18. The second-order valence-corrected chi connectivity index (χ2v) is 6.68. The number of hydrogen-bond acceptors (Lipinski definition) is 2. The lowest BCUT2D eigenvalue weighted by Gasteiger charge is -2.48. The van der Waals surface area contributed by atoms with Crippen molar-refractivity contribution in [2.45, 2.75) is 77.3 Å². The van der Waals surface area contributed by atoms with Gasteiger partial charge in [-0.25, -0.2) is 0 Å². The van der Waals surface area contributed by atoms with E-state index >= 15 is 0 Å². The Bertz CT molecular complexity index is 249. The smallest absolute Gasteiger partial charge is 0.0303 e. The van der Waals surface area contributed by atoms with Crippen molar-refractivity contribution in [1.82, 2.24) is 10.2 Å². The Balaban J connectivity index is 1.83. The van der Waals surface area contributed by atoms with E-state index in [1.165, 1.54) is 64.6 Å². The fourth-order valence-electron chi connectivity index (χ4n) is 3.24. The minimum absolute atomic E-state index is 0.400. The highest BCUT2D eigenvalue weighted by molar-refractivity contribution is 4.99. The Kier molecular flexibility index (Phi) is 5.08. The number of unbranched alkanes of at least 4 members (excludes halogenated alkanes) is 3. The highest BCUT2D eigenvalue weighted by atomic mass is 15.3. The standard InChI is InChI=1S/C16H32N2/c1-4-6-7-8-11-18-12-15(14-9-10-14)17-13-16(18,3)5-2/h14-15,17H,4-13H2,1-3H3. The maximum atomic E-state index is 3.81. The first-order chi connectivity index (χ1) is 8.69. The van der Waals surface area contributed by atoms with Crippen LogP contribution >= 0.6 is 0 Å². The van der Waals surface area contributed by atoms with Gasteiger partial charge in [-0.1, -0.05) is 33.1 Å². The number of rotatable bonds is 7. The SMILES string of the molecule is CCCCCCN1CC(C2CC2)NCC1(C)CC. The van der Waals surface area contributed by atoms with Crippen LogP contribution in [0.1, 0.15) is 65.7 Å². The molecule has 1 aliphatic heterocycles. The molecule has 1 heterocycles. The van der Waals surface area contributed by atoms with Gasteiger partial charge in [0.15, 0.2) is 0 Å². The third kappa shape index (κ3) is 3.48. The average molecular weight is 252 g/mol. The summed E-state index contributed by atoms with van der Waals surface area (Å²) in [4.78, 5) is 2.79. The first-order valence-corrected chi connectivity index (χ1v) is 8.18. The van der Waals surface area contributed by atoms with E-state index in [1.807, 2.05) is 0 Å². The summed E-state index contributed by atoms with van der Waals surface area (Å²) in [6.45, 7) is 10.9. The van der Waals surface area contributed by atoms with Gasteiger partial charge in [0.05, 0.1) is 0 Å². The normalized spacial score (nSPS) is 33.8. The summed E-state index contributed by atoms with van der Waals surface area (Å²) in [5.74, 6) is 0.990. The van der Waals surface area contributed by atoms with Gasteiger partial charge in [-0.2, -0.15) is 0 Å². The molecule has 0 amide bonds. The van der Waals surface area contributed by atoms with Gasteiger partial charge in [0.25, 0.3) is 0 Å². The van der Waals surface area contributed by atoms with Crippen LogP contribution in [0.2, 0.25) is 0 Å². The number of nitrogens with one attached hydrogen (secondary N) is 1. The molecule has 1 aliphatic carbocycles. The monoisotopic (exact) mass is 252 g/mol. The van der Waals surface area contributed by atoms with E-state index < -0.39 is 0 Å². The topological polar surface area (TPSA) is 15.3 Å². The zero-order valence-electron chi connectivity index (χ0n) is 12.7. The summed E-state index contributed by atoms with van der Waals surface area (Å²) in [6, 6.07) is 0.788. The van der Waals surface area contributed by atoms with Crippen molar-refractivity contribution >= 4 is 0 Å². The van der Waals surface area contributed by atoms with Gasteiger partial charge in [-0.3, -0.25) is 4.90 Å². The highest BCUT2D eigenvalue weighted by Crippen LogP contribution is 2.36. The predicted molar refractivity (Wildman–Crippen MR) is 78.9 cm³/mol. The molecule has 2 rings (SSSR count). The summed E-state index contributed by atoms with van der Waals surface area (Å²) in [5.41, 5.74) is 0.400. The maximum absolute atomic E-state index is 3.81. The van der Waals surface area contributed by atoms with E-state index in [2.05, 4.69) is 31.0 Å². The molecular weight excluding hydrogens is 220 g/mol. The quantitative estimate of drug-likeness (QED) is 0.698. The lowest BCUT2D eigenvalue weighted by Crippen LogP contribution is -2.63. The molecule has 18 heavy (non-hydrogen) atoms. The van der Waals surface area contributed by atoms with E-state index in [-0.39, 0.29) is 0 Å².